The number of sulfonamides is 1. The number of thioether (sulfide) groups is 1. The zero-order valence-electron chi connectivity index (χ0n) is 17.3. The maximum Gasteiger partial charge on any atom is 0.251 e. The predicted molar refractivity (Wildman–Crippen MR) is 120 cm³/mol. The van der Waals surface area contributed by atoms with Crippen molar-refractivity contribution in [3.8, 4) is 0 Å². The Bertz CT molecular complexity index is 976. The second-order valence-corrected chi connectivity index (χ2v) is 9.47. The number of rotatable bonds is 10. The van der Waals surface area contributed by atoms with E-state index < -0.39 is 22.0 Å². The van der Waals surface area contributed by atoms with Crippen LogP contribution in [0.1, 0.15) is 27.9 Å². The molecule has 0 heterocycles. The van der Waals surface area contributed by atoms with Crippen LogP contribution < -0.4 is 15.4 Å². The number of hydrogen-bond donors (Lipinski definition) is 3. The minimum atomic E-state index is -3.83. The van der Waals surface area contributed by atoms with Crippen LogP contribution in [0, 0.1) is 6.92 Å². The number of benzene rings is 2. The quantitative estimate of drug-likeness (QED) is 0.515. The maximum absolute atomic E-state index is 12.7. The first kappa shape index (κ1) is 23.9. The molecule has 0 aliphatic heterocycles. The largest absolute Gasteiger partial charge is 0.355 e. The van der Waals surface area contributed by atoms with Gasteiger partial charge >= 0.3 is 0 Å². The average Bonchev–Trinajstić information content (AvgIpc) is 2.74. The molecule has 3 N–H and O–H groups in total. The van der Waals surface area contributed by atoms with Crippen molar-refractivity contribution >= 4 is 33.6 Å². The summed E-state index contributed by atoms with van der Waals surface area (Å²) in [6, 6.07) is 12.5. The molecule has 0 saturated carbocycles. The lowest BCUT2D eigenvalue weighted by molar-refractivity contribution is -0.122. The predicted octanol–water partition coefficient (Wildman–Crippen LogP) is 2.07. The van der Waals surface area contributed by atoms with Crippen molar-refractivity contribution < 1.29 is 18.0 Å². The van der Waals surface area contributed by atoms with Gasteiger partial charge in [-0.05, 0) is 55.2 Å². The second kappa shape index (κ2) is 11.1. The summed E-state index contributed by atoms with van der Waals surface area (Å²) >= 11 is 1.53. The molecule has 2 aromatic carbocycles. The monoisotopic (exact) mass is 449 g/mol. The SMILES string of the molecule is CNC(=O)c1cccc(CNC(=O)C(CCSC)NS(=O)(=O)c2ccc(C)cc2)c1. The molecule has 0 aromatic heterocycles. The van der Waals surface area contributed by atoms with Gasteiger partial charge in [0.05, 0.1) is 4.90 Å². The molecule has 1 unspecified atom stereocenters. The standard InChI is InChI=1S/C21H27N3O4S2/c1-15-7-9-18(10-8-15)30(27,28)24-19(11-12-29-3)21(26)23-14-16-5-4-6-17(13-16)20(25)22-2/h4-10,13,19,24H,11-12,14H2,1-3H3,(H,22,25)(H,23,26). The van der Waals surface area contributed by atoms with Crippen molar-refractivity contribution in [2.45, 2.75) is 30.8 Å². The fourth-order valence-corrected chi connectivity index (χ4v) is 4.43. The Balaban J connectivity index is 2.09. The van der Waals surface area contributed by atoms with Crippen molar-refractivity contribution in [2.24, 2.45) is 0 Å². The molecule has 0 saturated heterocycles. The zero-order valence-corrected chi connectivity index (χ0v) is 18.9. The Morgan fingerprint density at radius 3 is 2.43 bits per heavy atom. The van der Waals surface area contributed by atoms with Crippen LogP contribution in [0.25, 0.3) is 0 Å². The van der Waals surface area contributed by atoms with E-state index in [0.29, 0.717) is 17.7 Å². The van der Waals surface area contributed by atoms with Crippen LogP contribution in [0.4, 0.5) is 0 Å². The van der Waals surface area contributed by atoms with E-state index in [-0.39, 0.29) is 17.3 Å². The van der Waals surface area contributed by atoms with Gasteiger partial charge in [-0.15, -0.1) is 0 Å². The summed E-state index contributed by atoms with van der Waals surface area (Å²) in [7, 11) is -2.28. The minimum Gasteiger partial charge on any atom is -0.355 e. The normalized spacial score (nSPS) is 12.2. The first-order valence-electron chi connectivity index (χ1n) is 9.43. The number of amides is 2. The van der Waals surface area contributed by atoms with Gasteiger partial charge in [0.1, 0.15) is 6.04 Å². The first-order chi connectivity index (χ1) is 14.3. The van der Waals surface area contributed by atoms with Crippen molar-refractivity contribution in [1.82, 2.24) is 15.4 Å². The van der Waals surface area contributed by atoms with Crippen LogP contribution in [-0.4, -0.2) is 45.3 Å². The van der Waals surface area contributed by atoms with Crippen molar-refractivity contribution in [3.05, 3.63) is 65.2 Å². The van der Waals surface area contributed by atoms with Gasteiger partial charge in [0, 0.05) is 19.2 Å². The van der Waals surface area contributed by atoms with Gasteiger partial charge in [0.25, 0.3) is 5.91 Å². The van der Waals surface area contributed by atoms with Gasteiger partial charge in [-0.25, -0.2) is 8.42 Å². The number of nitrogens with one attached hydrogen (secondary N) is 3. The summed E-state index contributed by atoms with van der Waals surface area (Å²) in [6.07, 6.45) is 2.25. The smallest absolute Gasteiger partial charge is 0.251 e. The fourth-order valence-electron chi connectivity index (χ4n) is 2.73. The summed E-state index contributed by atoms with van der Waals surface area (Å²) in [5.41, 5.74) is 2.18. The van der Waals surface area contributed by atoms with E-state index in [1.54, 1.807) is 43.4 Å². The second-order valence-electron chi connectivity index (χ2n) is 6.77. The van der Waals surface area contributed by atoms with Crippen molar-refractivity contribution in [1.29, 1.82) is 0 Å². The van der Waals surface area contributed by atoms with Crippen LogP contribution in [0.2, 0.25) is 0 Å². The molecule has 2 rings (SSSR count). The topological polar surface area (TPSA) is 104 Å². The van der Waals surface area contributed by atoms with E-state index in [1.807, 2.05) is 13.2 Å². The molecular weight excluding hydrogens is 422 g/mol. The summed E-state index contributed by atoms with van der Waals surface area (Å²) in [5, 5.41) is 5.32. The Morgan fingerprint density at radius 2 is 1.80 bits per heavy atom. The first-order valence-corrected chi connectivity index (χ1v) is 12.3. The summed E-state index contributed by atoms with van der Waals surface area (Å²) in [5.74, 6) is -0.00216. The highest BCUT2D eigenvalue weighted by Gasteiger charge is 2.25. The third-order valence-electron chi connectivity index (χ3n) is 4.44. The molecule has 0 bridgehead atoms. The minimum absolute atomic E-state index is 0.119. The maximum atomic E-state index is 12.7. The number of aryl methyl sites for hydroxylation is 1. The molecular formula is C21H27N3O4S2. The zero-order chi connectivity index (χ0) is 22.1. The molecule has 0 radical (unpaired) electrons. The number of carbonyl (C=O) groups is 2. The molecule has 2 aromatic rings. The molecule has 30 heavy (non-hydrogen) atoms. The summed E-state index contributed by atoms with van der Waals surface area (Å²) in [4.78, 5) is 24.6. The third-order valence-corrected chi connectivity index (χ3v) is 6.57. The fraction of sp³-hybridized carbons (Fsp3) is 0.333. The van der Waals surface area contributed by atoms with Gasteiger partial charge in [-0.3, -0.25) is 9.59 Å². The lowest BCUT2D eigenvalue weighted by Crippen LogP contribution is -2.46. The van der Waals surface area contributed by atoms with Gasteiger partial charge in [-0.1, -0.05) is 29.8 Å². The van der Waals surface area contributed by atoms with Crippen molar-refractivity contribution in [3.63, 3.8) is 0 Å². The van der Waals surface area contributed by atoms with E-state index in [9.17, 15) is 18.0 Å². The Hall–Kier alpha value is -2.36. The van der Waals surface area contributed by atoms with Gasteiger partial charge in [0.15, 0.2) is 0 Å². The molecule has 0 fully saturated rings. The Kier molecular flexibility index (Phi) is 8.88. The van der Waals surface area contributed by atoms with Gasteiger partial charge < -0.3 is 10.6 Å². The molecule has 2 amide bonds. The Labute approximate surface area is 182 Å². The van der Waals surface area contributed by atoms with Crippen molar-refractivity contribution in [2.75, 3.05) is 19.1 Å². The third kappa shape index (κ3) is 6.86. The molecule has 0 spiro atoms. The average molecular weight is 450 g/mol. The van der Waals surface area contributed by atoms with E-state index in [4.69, 9.17) is 0 Å². The highest BCUT2D eigenvalue weighted by molar-refractivity contribution is 7.98. The van der Waals surface area contributed by atoms with Crippen LogP contribution in [-0.2, 0) is 21.4 Å². The van der Waals surface area contributed by atoms with E-state index >= 15 is 0 Å². The molecule has 9 heteroatoms. The number of hydrogen-bond acceptors (Lipinski definition) is 5. The Morgan fingerprint density at radius 1 is 1.10 bits per heavy atom. The highest BCUT2D eigenvalue weighted by Crippen LogP contribution is 2.13. The van der Waals surface area contributed by atoms with Crippen LogP contribution >= 0.6 is 11.8 Å². The molecule has 0 aliphatic rings. The molecule has 1 atom stereocenters. The van der Waals surface area contributed by atoms with Crippen LogP contribution in [0.15, 0.2) is 53.4 Å². The van der Waals surface area contributed by atoms with E-state index in [0.717, 1.165) is 11.1 Å². The van der Waals surface area contributed by atoms with E-state index in [2.05, 4.69) is 15.4 Å². The number of carbonyl (C=O) groups excluding carboxylic acids is 2. The highest BCUT2D eigenvalue weighted by atomic mass is 32.2. The lowest BCUT2D eigenvalue weighted by Gasteiger charge is -2.18. The molecule has 162 valence electrons. The van der Waals surface area contributed by atoms with E-state index in [1.165, 1.54) is 23.9 Å². The summed E-state index contributed by atoms with van der Waals surface area (Å²) in [6.45, 7) is 2.06. The molecule has 0 aliphatic carbocycles. The molecule has 7 nitrogen and oxygen atoms in total. The van der Waals surface area contributed by atoms with Gasteiger partial charge in [-0.2, -0.15) is 16.5 Å². The van der Waals surface area contributed by atoms with Crippen LogP contribution in [0.5, 0.6) is 0 Å². The van der Waals surface area contributed by atoms with Gasteiger partial charge in [0.2, 0.25) is 15.9 Å². The summed E-state index contributed by atoms with van der Waals surface area (Å²) < 4.78 is 27.9. The van der Waals surface area contributed by atoms with Crippen LogP contribution in [0.3, 0.4) is 0 Å². The lowest BCUT2D eigenvalue weighted by atomic mass is 10.1.